The van der Waals surface area contributed by atoms with Crippen LogP contribution in [0.2, 0.25) is 0 Å². The molecule has 3 aromatic rings. The number of likely N-dealkylation sites (tertiary alicyclic amines) is 1. The van der Waals surface area contributed by atoms with Crippen LogP contribution in [0.5, 0.6) is 0 Å². The first kappa shape index (κ1) is 19.5. The van der Waals surface area contributed by atoms with Gasteiger partial charge in [0.2, 0.25) is 11.8 Å². The summed E-state index contributed by atoms with van der Waals surface area (Å²) in [5.74, 6) is 0.705. The minimum absolute atomic E-state index is 0.0398. The average molecular weight is 406 g/mol. The number of imidazole rings is 1. The lowest BCUT2D eigenvalue weighted by Gasteiger charge is -2.24. The molecule has 1 N–H and O–H groups in total. The molecule has 29 heavy (non-hydrogen) atoms. The molecule has 1 saturated heterocycles. The van der Waals surface area contributed by atoms with E-state index in [-0.39, 0.29) is 11.8 Å². The first-order valence-electron chi connectivity index (χ1n) is 9.89. The highest BCUT2D eigenvalue weighted by molar-refractivity contribution is 7.99. The summed E-state index contributed by atoms with van der Waals surface area (Å²) in [5.41, 5.74) is 4.09. The molecule has 6 heteroatoms. The molecule has 148 valence electrons. The van der Waals surface area contributed by atoms with Crippen LogP contribution in [0.25, 0.3) is 22.5 Å². The Balaban J connectivity index is 1.46. The molecule has 2 amide bonds. The first-order chi connectivity index (χ1) is 14.2. The van der Waals surface area contributed by atoms with Gasteiger partial charge in [0.25, 0.3) is 0 Å². The van der Waals surface area contributed by atoms with Crippen molar-refractivity contribution in [2.24, 2.45) is 0 Å². The average Bonchev–Trinajstić information content (AvgIpc) is 3.18. The van der Waals surface area contributed by atoms with Crippen molar-refractivity contribution < 1.29 is 9.59 Å². The zero-order chi connectivity index (χ0) is 20.1. The summed E-state index contributed by atoms with van der Waals surface area (Å²) in [5, 5.41) is 0.846. The van der Waals surface area contributed by atoms with Gasteiger partial charge in [-0.1, -0.05) is 72.4 Å². The highest BCUT2D eigenvalue weighted by Gasteiger charge is 2.25. The van der Waals surface area contributed by atoms with Crippen molar-refractivity contribution in [3.8, 4) is 22.5 Å². The Kier molecular flexibility index (Phi) is 6.10. The molecule has 2 aromatic carbocycles. The fourth-order valence-corrected chi connectivity index (χ4v) is 4.28. The number of hydrogen-bond donors (Lipinski definition) is 1. The number of nitrogens with one attached hydrogen (secondary N) is 1. The van der Waals surface area contributed by atoms with E-state index in [1.807, 2.05) is 36.4 Å². The van der Waals surface area contributed by atoms with Crippen LogP contribution in [0.1, 0.15) is 25.7 Å². The standard InChI is InChI=1S/C23H23N3O2S/c27-19-13-7-14-20(28)26(19)15-8-16-29-23-24-21(17-9-3-1-4-10-17)22(25-23)18-11-5-2-6-12-18/h1-6,9-12H,7-8,13-16H2,(H,24,25). The summed E-state index contributed by atoms with van der Waals surface area (Å²) in [7, 11) is 0. The van der Waals surface area contributed by atoms with Crippen LogP contribution in [0.15, 0.2) is 65.8 Å². The number of carbonyl (C=O) groups is 2. The van der Waals surface area contributed by atoms with Crippen molar-refractivity contribution in [3.05, 3.63) is 60.7 Å². The van der Waals surface area contributed by atoms with Crippen molar-refractivity contribution >= 4 is 23.6 Å². The molecule has 4 rings (SSSR count). The second-order valence-corrected chi connectivity index (χ2v) is 8.08. The van der Waals surface area contributed by atoms with Crippen molar-refractivity contribution in [2.45, 2.75) is 30.8 Å². The van der Waals surface area contributed by atoms with Crippen molar-refractivity contribution in [2.75, 3.05) is 12.3 Å². The van der Waals surface area contributed by atoms with Crippen LogP contribution < -0.4 is 0 Å². The molecule has 0 saturated carbocycles. The Bertz CT molecular complexity index is 913. The summed E-state index contributed by atoms with van der Waals surface area (Å²) in [4.78, 5) is 33.5. The molecule has 5 nitrogen and oxygen atoms in total. The third kappa shape index (κ3) is 4.59. The van der Waals surface area contributed by atoms with Crippen LogP contribution in [0.3, 0.4) is 0 Å². The van der Waals surface area contributed by atoms with Gasteiger partial charge in [-0.3, -0.25) is 14.5 Å². The van der Waals surface area contributed by atoms with E-state index in [1.165, 1.54) is 4.90 Å². The number of piperidine rings is 1. The molecule has 2 heterocycles. The minimum Gasteiger partial charge on any atom is -0.332 e. The maximum absolute atomic E-state index is 11.9. The van der Waals surface area contributed by atoms with Gasteiger partial charge in [0, 0.05) is 36.3 Å². The molecular weight excluding hydrogens is 382 g/mol. The van der Waals surface area contributed by atoms with Gasteiger partial charge < -0.3 is 4.98 Å². The Labute approximate surface area is 174 Å². The summed E-state index contributed by atoms with van der Waals surface area (Å²) >= 11 is 1.62. The molecule has 1 aliphatic heterocycles. The number of amides is 2. The normalized spacial score (nSPS) is 14.4. The van der Waals surface area contributed by atoms with Gasteiger partial charge in [0.05, 0.1) is 11.4 Å². The highest BCUT2D eigenvalue weighted by atomic mass is 32.2. The SMILES string of the molecule is O=C1CCCC(=O)N1CCCSc1nc(-c2ccccc2)c(-c2ccccc2)[nH]1. The van der Waals surface area contributed by atoms with Crippen molar-refractivity contribution in [3.63, 3.8) is 0 Å². The molecule has 1 fully saturated rings. The van der Waals surface area contributed by atoms with Crippen LogP contribution in [0.4, 0.5) is 0 Å². The Morgan fingerprint density at radius 1 is 0.897 bits per heavy atom. The maximum Gasteiger partial charge on any atom is 0.229 e. The predicted molar refractivity (Wildman–Crippen MR) is 115 cm³/mol. The van der Waals surface area contributed by atoms with E-state index in [4.69, 9.17) is 4.98 Å². The largest absolute Gasteiger partial charge is 0.332 e. The Morgan fingerprint density at radius 2 is 1.52 bits per heavy atom. The zero-order valence-electron chi connectivity index (χ0n) is 16.1. The fraction of sp³-hybridized carbons (Fsp3) is 0.261. The van der Waals surface area contributed by atoms with Crippen LogP contribution in [-0.4, -0.2) is 39.0 Å². The van der Waals surface area contributed by atoms with Gasteiger partial charge in [-0.05, 0) is 12.8 Å². The molecule has 0 atom stereocenters. The van der Waals surface area contributed by atoms with E-state index in [0.717, 1.165) is 39.8 Å². The molecule has 0 radical (unpaired) electrons. The lowest BCUT2D eigenvalue weighted by atomic mass is 10.1. The quantitative estimate of drug-likeness (QED) is 0.349. The Morgan fingerprint density at radius 3 is 2.17 bits per heavy atom. The number of carbonyl (C=O) groups excluding carboxylic acids is 2. The molecule has 0 bridgehead atoms. The summed E-state index contributed by atoms with van der Waals surface area (Å²) in [6.07, 6.45) is 2.40. The Hall–Kier alpha value is -2.86. The van der Waals surface area contributed by atoms with E-state index >= 15 is 0 Å². The molecule has 1 aliphatic rings. The number of aromatic nitrogens is 2. The third-order valence-corrected chi connectivity index (χ3v) is 5.90. The number of hydrogen-bond acceptors (Lipinski definition) is 4. The van der Waals surface area contributed by atoms with Gasteiger partial charge in [0.15, 0.2) is 5.16 Å². The number of thioether (sulfide) groups is 1. The second kappa shape index (κ2) is 9.09. The van der Waals surface area contributed by atoms with E-state index in [0.29, 0.717) is 25.8 Å². The fourth-order valence-electron chi connectivity index (χ4n) is 3.48. The number of rotatable bonds is 7. The molecule has 0 unspecified atom stereocenters. The predicted octanol–water partition coefficient (Wildman–Crippen LogP) is 4.77. The highest BCUT2D eigenvalue weighted by Crippen LogP contribution is 2.32. The number of aromatic amines is 1. The summed E-state index contributed by atoms with van der Waals surface area (Å²) in [6.45, 7) is 0.489. The van der Waals surface area contributed by atoms with Gasteiger partial charge >= 0.3 is 0 Å². The van der Waals surface area contributed by atoms with E-state index in [9.17, 15) is 9.59 Å². The third-order valence-electron chi connectivity index (χ3n) is 4.94. The van der Waals surface area contributed by atoms with Crippen molar-refractivity contribution in [1.82, 2.24) is 14.9 Å². The lowest BCUT2D eigenvalue weighted by Crippen LogP contribution is -2.40. The minimum atomic E-state index is -0.0398. The number of benzene rings is 2. The van der Waals surface area contributed by atoms with Crippen LogP contribution in [-0.2, 0) is 9.59 Å². The number of nitrogens with zero attached hydrogens (tertiary/aromatic N) is 2. The van der Waals surface area contributed by atoms with Crippen molar-refractivity contribution in [1.29, 1.82) is 0 Å². The molecular formula is C23H23N3O2S. The summed E-state index contributed by atoms with van der Waals surface area (Å²) in [6, 6.07) is 20.3. The molecule has 1 aromatic heterocycles. The maximum atomic E-state index is 11.9. The van der Waals surface area contributed by atoms with E-state index in [2.05, 4.69) is 29.2 Å². The van der Waals surface area contributed by atoms with Crippen LogP contribution in [0, 0.1) is 0 Å². The van der Waals surface area contributed by atoms with Crippen LogP contribution >= 0.6 is 11.8 Å². The lowest BCUT2D eigenvalue weighted by molar-refractivity contribution is -0.147. The summed E-state index contributed by atoms with van der Waals surface area (Å²) < 4.78 is 0. The first-order valence-corrected chi connectivity index (χ1v) is 10.9. The van der Waals surface area contributed by atoms with Gasteiger partial charge in [-0.2, -0.15) is 0 Å². The zero-order valence-corrected chi connectivity index (χ0v) is 17.0. The topological polar surface area (TPSA) is 66.1 Å². The van der Waals surface area contributed by atoms with E-state index in [1.54, 1.807) is 11.8 Å². The molecule has 0 spiro atoms. The monoisotopic (exact) mass is 405 g/mol. The van der Waals surface area contributed by atoms with Gasteiger partial charge in [-0.15, -0.1) is 0 Å². The number of H-pyrrole nitrogens is 1. The smallest absolute Gasteiger partial charge is 0.229 e. The number of imide groups is 1. The van der Waals surface area contributed by atoms with Gasteiger partial charge in [0.1, 0.15) is 0 Å². The van der Waals surface area contributed by atoms with Gasteiger partial charge in [-0.25, -0.2) is 4.98 Å². The second-order valence-electron chi connectivity index (χ2n) is 6.99. The van der Waals surface area contributed by atoms with E-state index < -0.39 is 0 Å². The molecule has 0 aliphatic carbocycles.